The maximum Gasteiger partial charge on any atom is 0.412 e. The number of hydrogen-bond acceptors (Lipinski definition) is 4. The van der Waals surface area contributed by atoms with E-state index >= 15 is 0 Å². The Bertz CT molecular complexity index is 425. The molecule has 0 saturated carbocycles. The van der Waals surface area contributed by atoms with Gasteiger partial charge in [0.05, 0.1) is 5.69 Å². The Kier molecular flexibility index (Phi) is 4.55. The SMILES string of the molecule is CC(C)(C)OC(=O)Nc1c(O)cccc1CCN. The Balaban J connectivity index is 2.86. The third kappa shape index (κ3) is 4.25. The van der Waals surface area contributed by atoms with Crippen LogP contribution < -0.4 is 11.1 Å². The van der Waals surface area contributed by atoms with Crippen LogP contribution in [0.2, 0.25) is 0 Å². The number of benzene rings is 1. The fraction of sp³-hybridized carbons (Fsp3) is 0.462. The first kappa shape index (κ1) is 14.3. The molecule has 0 unspecified atom stereocenters. The second-order valence-electron chi connectivity index (χ2n) is 4.98. The first-order valence-electron chi connectivity index (χ1n) is 5.84. The lowest BCUT2D eigenvalue weighted by Gasteiger charge is -2.20. The number of carbonyl (C=O) groups is 1. The van der Waals surface area contributed by atoms with Gasteiger partial charge in [0, 0.05) is 0 Å². The quantitative estimate of drug-likeness (QED) is 0.720. The number of para-hydroxylation sites is 1. The van der Waals surface area contributed by atoms with Crippen molar-refractivity contribution in [3.05, 3.63) is 23.8 Å². The van der Waals surface area contributed by atoms with Gasteiger partial charge in [-0.3, -0.25) is 5.32 Å². The number of nitrogens with two attached hydrogens (primary N) is 1. The van der Waals surface area contributed by atoms with Crippen LogP contribution >= 0.6 is 0 Å². The van der Waals surface area contributed by atoms with Crippen LogP contribution in [0.3, 0.4) is 0 Å². The van der Waals surface area contributed by atoms with Gasteiger partial charge < -0.3 is 15.6 Å². The molecule has 0 aliphatic heterocycles. The van der Waals surface area contributed by atoms with Crippen LogP contribution in [-0.4, -0.2) is 23.3 Å². The number of phenols is 1. The summed E-state index contributed by atoms with van der Waals surface area (Å²) in [5.74, 6) is 0.00630. The molecule has 0 bridgehead atoms. The number of anilines is 1. The van der Waals surface area contributed by atoms with E-state index in [2.05, 4.69) is 5.32 Å². The highest BCUT2D eigenvalue weighted by Gasteiger charge is 2.18. The Hall–Kier alpha value is -1.75. The van der Waals surface area contributed by atoms with E-state index in [-0.39, 0.29) is 5.75 Å². The predicted octanol–water partition coefficient (Wildman–Crippen LogP) is 2.24. The van der Waals surface area contributed by atoms with Gasteiger partial charge in [-0.25, -0.2) is 4.79 Å². The fourth-order valence-corrected chi connectivity index (χ4v) is 1.50. The Morgan fingerprint density at radius 3 is 2.67 bits per heavy atom. The minimum atomic E-state index is -0.595. The van der Waals surface area contributed by atoms with Crippen LogP contribution in [0.4, 0.5) is 10.5 Å². The monoisotopic (exact) mass is 252 g/mol. The summed E-state index contributed by atoms with van der Waals surface area (Å²) in [7, 11) is 0. The molecule has 5 nitrogen and oxygen atoms in total. The molecule has 1 amide bonds. The largest absolute Gasteiger partial charge is 0.506 e. The first-order valence-corrected chi connectivity index (χ1v) is 5.84. The molecule has 1 aromatic rings. The van der Waals surface area contributed by atoms with E-state index in [0.29, 0.717) is 18.7 Å². The minimum Gasteiger partial charge on any atom is -0.506 e. The van der Waals surface area contributed by atoms with E-state index in [1.165, 1.54) is 6.07 Å². The van der Waals surface area contributed by atoms with E-state index in [0.717, 1.165) is 5.56 Å². The number of nitrogens with one attached hydrogen (secondary N) is 1. The van der Waals surface area contributed by atoms with Gasteiger partial charge >= 0.3 is 6.09 Å². The van der Waals surface area contributed by atoms with Crippen molar-refractivity contribution in [1.29, 1.82) is 0 Å². The second-order valence-corrected chi connectivity index (χ2v) is 4.98. The normalized spacial score (nSPS) is 11.1. The summed E-state index contributed by atoms with van der Waals surface area (Å²) < 4.78 is 5.14. The molecule has 18 heavy (non-hydrogen) atoms. The van der Waals surface area contributed by atoms with Gasteiger partial charge in [0.15, 0.2) is 0 Å². The Morgan fingerprint density at radius 2 is 2.11 bits per heavy atom. The number of aromatic hydroxyl groups is 1. The number of hydrogen-bond donors (Lipinski definition) is 3. The highest BCUT2D eigenvalue weighted by molar-refractivity contribution is 5.88. The molecule has 1 rings (SSSR count). The summed E-state index contributed by atoms with van der Waals surface area (Å²) in [6.07, 6.45) is -0.0261. The average molecular weight is 252 g/mol. The molecule has 100 valence electrons. The zero-order chi connectivity index (χ0) is 13.8. The smallest absolute Gasteiger partial charge is 0.412 e. The third-order valence-electron chi connectivity index (χ3n) is 2.17. The van der Waals surface area contributed by atoms with Crippen molar-refractivity contribution in [2.75, 3.05) is 11.9 Å². The fourth-order valence-electron chi connectivity index (χ4n) is 1.50. The maximum atomic E-state index is 11.7. The third-order valence-corrected chi connectivity index (χ3v) is 2.17. The van der Waals surface area contributed by atoms with Gasteiger partial charge in [-0.1, -0.05) is 12.1 Å². The van der Waals surface area contributed by atoms with Crippen molar-refractivity contribution in [2.24, 2.45) is 5.73 Å². The van der Waals surface area contributed by atoms with Crippen molar-refractivity contribution in [3.63, 3.8) is 0 Å². The molecule has 4 N–H and O–H groups in total. The number of rotatable bonds is 3. The van der Waals surface area contributed by atoms with E-state index in [9.17, 15) is 9.90 Å². The van der Waals surface area contributed by atoms with Gasteiger partial charge in [-0.15, -0.1) is 0 Å². The molecule has 0 radical (unpaired) electrons. The van der Waals surface area contributed by atoms with Crippen LogP contribution in [0.1, 0.15) is 26.3 Å². The van der Waals surface area contributed by atoms with Crippen LogP contribution in [-0.2, 0) is 11.2 Å². The van der Waals surface area contributed by atoms with Crippen LogP contribution in [0.25, 0.3) is 0 Å². The van der Waals surface area contributed by atoms with Gasteiger partial charge in [0.25, 0.3) is 0 Å². The molecule has 0 aliphatic carbocycles. The summed E-state index contributed by atoms with van der Waals surface area (Å²) in [5.41, 5.74) is 6.05. The van der Waals surface area contributed by atoms with E-state index in [1.807, 2.05) is 0 Å². The van der Waals surface area contributed by atoms with Crippen molar-refractivity contribution in [1.82, 2.24) is 0 Å². The van der Waals surface area contributed by atoms with Gasteiger partial charge in [-0.05, 0) is 45.4 Å². The zero-order valence-corrected chi connectivity index (χ0v) is 11.0. The average Bonchev–Trinajstić information content (AvgIpc) is 2.21. The molecule has 0 atom stereocenters. The predicted molar refractivity (Wildman–Crippen MR) is 70.7 cm³/mol. The molecule has 5 heteroatoms. The number of ether oxygens (including phenoxy) is 1. The Labute approximate surface area is 107 Å². The van der Waals surface area contributed by atoms with Gasteiger partial charge in [0.2, 0.25) is 0 Å². The van der Waals surface area contributed by atoms with Crippen molar-refractivity contribution < 1.29 is 14.6 Å². The summed E-state index contributed by atoms with van der Waals surface area (Å²) in [6.45, 7) is 5.77. The minimum absolute atomic E-state index is 0.00630. The standard InChI is InChI=1S/C13H20N2O3/c1-13(2,3)18-12(17)15-11-9(7-8-14)5-4-6-10(11)16/h4-6,16H,7-8,14H2,1-3H3,(H,15,17). The maximum absolute atomic E-state index is 11.7. The highest BCUT2D eigenvalue weighted by atomic mass is 16.6. The van der Waals surface area contributed by atoms with Crippen LogP contribution in [0.15, 0.2) is 18.2 Å². The van der Waals surface area contributed by atoms with E-state index < -0.39 is 11.7 Å². The lowest BCUT2D eigenvalue weighted by molar-refractivity contribution is 0.0635. The molecule has 1 aromatic carbocycles. The first-order chi connectivity index (χ1) is 8.33. The van der Waals surface area contributed by atoms with Crippen molar-refractivity contribution in [2.45, 2.75) is 32.8 Å². The van der Waals surface area contributed by atoms with Crippen LogP contribution in [0.5, 0.6) is 5.75 Å². The molecule has 0 aromatic heterocycles. The highest BCUT2D eigenvalue weighted by Crippen LogP contribution is 2.28. The second kappa shape index (κ2) is 5.73. The molecule has 0 spiro atoms. The number of carbonyl (C=O) groups excluding carboxylic acids is 1. The lowest BCUT2D eigenvalue weighted by Crippen LogP contribution is -2.27. The van der Waals surface area contributed by atoms with E-state index in [4.69, 9.17) is 10.5 Å². The number of amides is 1. The summed E-state index contributed by atoms with van der Waals surface area (Å²) in [6, 6.07) is 5.02. The molecule has 0 aliphatic rings. The summed E-state index contributed by atoms with van der Waals surface area (Å²) in [4.78, 5) is 11.7. The van der Waals surface area contributed by atoms with Crippen LogP contribution in [0, 0.1) is 0 Å². The van der Waals surface area contributed by atoms with Gasteiger partial charge in [-0.2, -0.15) is 0 Å². The molecular weight excluding hydrogens is 232 g/mol. The van der Waals surface area contributed by atoms with Crippen molar-refractivity contribution in [3.8, 4) is 5.75 Å². The summed E-state index contributed by atoms with van der Waals surface area (Å²) >= 11 is 0. The molecule has 0 saturated heterocycles. The Morgan fingerprint density at radius 1 is 1.44 bits per heavy atom. The van der Waals surface area contributed by atoms with Crippen molar-refractivity contribution >= 4 is 11.8 Å². The lowest BCUT2D eigenvalue weighted by atomic mass is 10.1. The number of phenolic OH excluding ortho intramolecular Hbond substituents is 1. The molecule has 0 heterocycles. The van der Waals surface area contributed by atoms with Gasteiger partial charge in [0.1, 0.15) is 11.4 Å². The summed E-state index contributed by atoms with van der Waals surface area (Å²) in [5, 5.41) is 12.3. The molecule has 0 fully saturated rings. The molecular formula is C13H20N2O3. The topological polar surface area (TPSA) is 84.6 Å². The van der Waals surface area contributed by atoms with E-state index in [1.54, 1.807) is 32.9 Å². The zero-order valence-electron chi connectivity index (χ0n) is 11.0.